The van der Waals surface area contributed by atoms with Crippen molar-refractivity contribution in [2.45, 2.75) is 26.4 Å². The van der Waals surface area contributed by atoms with Crippen molar-refractivity contribution in [3.63, 3.8) is 0 Å². The van der Waals surface area contributed by atoms with Gasteiger partial charge in [0.05, 0.1) is 23.4 Å². The molecular formula is C17H17F2N9. The maximum absolute atomic E-state index is 12.7. The third-order valence-electron chi connectivity index (χ3n) is 4.24. The first kappa shape index (κ1) is 17.8. The Morgan fingerprint density at radius 3 is 2.71 bits per heavy atom. The Bertz CT molecular complexity index is 1130. The zero-order valence-electron chi connectivity index (χ0n) is 15.1. The number of pyridine rings is 1. The van der Waals surface area contributed by atoms with E-state index in [2.05, 4.69) is 30.4 Å². The van der Waals surface area contributed by atoms with Crippen molar-refractivity contribution in [1.29, 1.82) is 0 Å². The highest BCUT2D eigenvalue weighted by atomic mass is 19.3. The predicted molar refractivity (Wildman–Crippen MR) is 98.7 cm³/mol. The molecule has 0 saturated heterocycles. The van der Waals surface area contributed by atoms with E-state index in [4.69, 9.17) is 5.73 Å². The highest BCUT2D eigenvalue weighted by molar-refractivity contribution is 5.61. The topological polar surface area (TPSA) is 112 Å². The number of aromatic nitrogens is 7. The minimum atomic E-state index is -2.69. The van der Waals surface area contributed by atoms with Crippen molar-refractivity contribution >= 4 is 17.4 Å². The molecule has 0 fully saturated rings. The van der Waals surface area contributed by atoms with Gasteiger partial charge in [-0.1, -0.05) is 0 Å². The molecule has 0 spiro atoms. The van der Waals surface area contributed by atoms with E-state index in [1.165, 1.54) is 12.3 Å². The van der Waals surface area contributed by atoms with Gasteiger partial charge in [-0.15, -0.1) is 0 Å². The van der Waals surface area contributed by atoms with E-state index < -0.39 is 12.6 Å². The van der Waals surface area contributed by atoms with Crippen LogP contribution in [0.25, 0.3) is 16.9 Å². The molecule has 4 aromatic heterocycles. The Hall–Kier alpha value is -3.63. The fourth-order valence-corrected chi connectivity index (χ4v) is 2.80. The summed E-state index contributed by atoms with van der Waals surface area (Å²) in [5, 5.41) is 6.86. The van der Waals surface area contributed by atoms with Crippen LogP contribution in [-0.2, 0) is 0 Å². The number of aryl methyl sites for hydroxylation is 1. The minimum absolute atomic E-state index is 0.0419. The molecule has 0 unspecified atom stereocenters. The summed E-state index contributed by atoms with van der Waals surface area (Å²) < 4.78 is 27.9. The normalized spacial score (nSPS) is 12.6. The van der Waals surface area contributed by atoms with Crippen molar-refractivity contribution < 1.29 is 8.78 Å². The first-order valence-corrected chi connectivity index (χ1v) is 8.46. The van der Waals surface area contributed by atoms with Crippen LogP contribution in [0.2, 0.25) is 0 Å². The van der Waals surface area contributed by atoms with Gasteiger partial charge in [0, 0.05) is 18.0 Å². The third kappa shape index (κ3) is 3.33. The SMILES string of the molecule is Cc1ncc2ccc(-c3nc(N)nc(N[C@@H](C)c4ccn(C(F)F)n4)n3)cn12. The molecule has 0 amide bonds. The van der Waals surface area contributed by atoms with Crippen LogP contribution in [0.4, 0.5) is 20.7 Å². The predicted octanol–water partition coefficient (Wildman–Crippen LogP) is 2.84. The summed E-state index contributed by atoms with van der Waals surface area (Å²) in [5.41, 5.74) is 7.95. The van der Waals surface area contributed by atoms with E-state index in [0.29, 0.717) is 16.2 Å². The van der Waals surface area contributed by atoms with Crippen LogP contribution >= 0.6 is 0 Å². The van der Waals surface area contributed by atoms with Gasteiger partial charge >= 0.3 is 6.55 Å². The molecule has 4 heterocycles. The number of hydrogen-bond acceptors (Lipinski definition) is 7. The fourth-order valence-electron chi connectivity index (χ4n) is 2.80. The Kier molecular flexibility index (Phi) is 4.34. The molecule has 0 aliphatic carbocycles. The van der Waals surface area contributed by atoms with Gasteiger partial charge < -0.3 is 15.5 Å². The number of fused-ring (bicyclic) bond motifs is 1. The lowest BCUT2D eigenvalue weighted by atomic mass is 10.2. The first-order chi connectivity index (χ1) is 13.4. The molecule has 0 bridgehead atoms. The van der Waals surface area contributed by atoms with Gasteiger partial charge in [0.25, 0.3) is 0 Å². The van der Waals surface area contributed by atoms with Gasteiger partial charge in [0.15, 0.2) is 5.82 Å². The van der Waals surface area contributed by atoms with E-state index >= 15 is 0 Å². The monoisotopic (exact) mass is 385 g/mol. The molecule has 0 aromatic carbocycles. The largest absolute Gasteiger partial charge is 0.368 e. The highest BCUT2D eigenvalue weighted by Gasteiger charge is 2.15. The molecule has 4 aromatic rings. The van der Waals surface area contributed by atoms with Crippen molar-refractivity contribution in [3.05, 3.63) is 48.3 Å². The number of anilines is 2. The molecule has 144 valence electrons. The Morgan fingerprint density at radius 2 is 1.96 bits per heavy atom. The second-order valence-corrected chi connectivity index (χ2v) is 6.22. The summed E-state index contributed by atoms with van der Waals surface area (Å²) >= 11 is 0. The van der Waals surface area contributed by atoms with Crippen LogP contribution in [0, 0.1) is 6.92 Å². The van der Waals surface area contributed by atoms with E-state index in [-0.39, 0.29) is 11.9 Å². The number of hydrogen-bond donors (Lipinski definition) is 2. The van der Waals surface area contributed by atoms with Gasteiger partial charge in [0.2, 0.25) is 11.9 Å². The summed E-state index contributed by atoms with van der Waals surface area (Å²) in [4.78, 5) is 16.9. The Balaban J connectivity index is 1.63. The molecular weight excluding hydrogens is 368 g/mol. The van der Waals surface area contributed by atoms with Gasteiger partial charge in [0.1, 0.15) is 5.82 Å². The lowest BCUT2D eigenvalue weighted by Crippen LogP contribution is -2.13. The van der Waals surface area contributed by atoms with Crippen LogP contribution in [0.3, 0.4) is 0 Å². The minimum Gasteiger partial charge on any atom is -0.368 e. The summed E-state index contributed by atoms with van der Waals surface area (Å²) in [6.07, 6.45) is 4.85. The number of alkyl halides is 2. The van der Waals surface area contributed by atoms with Gasteiger partial charge in [-0.2, -0.15) is 28.8 Å². The van der Waals surface area contributed by atoms with Crippen molar-refractivity contribution in [3.8, 4) is 11.4 Å². The first-order valence-electron chi connectivity index (χ1n) is 8.46. The van der Waals surface area contributed by atoms with E-state index in [9.17, 15) is 8.78 Å². The summed E-state index contributed by atoms with van der Waals surface area (Å²) in [6, 6.07) is 4.86. The Morgan fingerprint density at radius 1 is 1.14 bits per heavy atom. The third-order valence-corrected chi connectivity index (χ3v) is 4.24. The van der Waals surface area contributed by atoms with Gasteiger partial charge in [-0.05, 0) is 32.0 Å². The lowest BCUT2D eigenvalue weighted by Gasteiger charge is -2.12. The molecule has 0 saturated carbocycles. The van der Waals surface area contributed by atoms with E-state index in [1.807, 2.05) is 29.7 Å². The Labute approximate surface area is 158 Å². The highest BCUT2D eigenvalue weighted by Crippen LogP contribution is 2.22. The van der Waals surface area contributed by atoms with Crippen LogP contribution in [0.1, 0.15) is 31.0 Å². The van der Waals surface area contributed by atoms with Crippen molar-refractivity contribution in [1.82, 2.24) is 34.1 Å². The number of nitrogens with one attached hydrogen (secondary N) is 1. The lowest BCUT2D eigenvalue weighted by molar-refractivity contribution is 0.0561. The second-order valence-electron chi connectivity index (χ2n) is 6.22. The van der Waals surface area contributed by atoms with Crippen molar-refractivity contribution in [2.24, 2.45) is 0 Å². The zero-order valence-corrected chi connectivity index (χ0v) is 15.1. The maximum Gasteiger partial charge on any atom is 0.333 e. The number of nitrogens with two attached hydrogens (primary N) is 1. The average molecular weight is 385 g/mol. The number of nitrogen functional groups attached to an aromatic ring is 1. The van der Waals surface area contributed by atoms with Crippen LogP contribution in [-0.4, -0.2) is 34.1 Å². The summed E-state index contributed by atoms with van der Waals surface area (Å²) in [7, 11) is 0. The molecule has 4 rings (SSSR count). The average Bonchev–Trinajstić information content (AvgIpc) is 3.29. The van der Waals surface area contributed by atoms with Crippen LogP contribution in [0.5, 0.6) is 0 Å². The fraction of sp³-hybridized carbons (Fsp3) is 0.235. The molecule has 3 N–H and O–H groups in total. The molecule has 11 heteroatoms. The van der Waals surface area contributed by atoms with Gasteiger partial charge in [-0.3, -0.25) is 0 Å². The van der Waals surface area contributed by atoms with Gasteiger partial charge in [-0.25, -0.2) is 9.67 Å². The standard InChI is InChI=1S/C17H17F2N9/c1-9(13-5-6-28(26-13)15(18)19)22-17-24-14(23-16(20)25-17)11-3-4-12-7-21-10(2)27(12)8-11/h3-9,15H,1-2H3,(H3,20,22,23,24,25)/t9-/m0/s1. The molecule has 28 heavy (non-hydrogen) atoms. The molecule has 1 atom stereocenters. The number of halogens is 2. The van der Waals surface area contributed by atoms with Crippen LogP contribution in [0.15, 0.2) is 36.8 Å². The molecule has 0 aliphatic heterocycles. The smallest absolute Gasteiger partial charge is 0.333 e. The second kappa shape index (κ2) is 6.83. The van der Waals surface area contributed by atoms with E-state index in [0.717, 1.165) is 16.9 Å². The van der Waals surface area contributed by atoms with Crippen LogP contribution < -0.4 is 11.1 Å². The molecule has 0 aliphatic rings. The maximum atomic E-state index is 12.7. The van der Waals surface area contributed by atoms with E-state index in [1.54, 1.807) is 13.1 Å². The summed E-state index contributed by atoms with van der Waals surface area (Å²) in [5.74, 6) is 1.49. The van der Waals surface area contributed by atoms with Crippen molar-refractivity contribution in [2.75, 3.05) is 11.1 Å². The summed E-state index contributed by atoms with van der Waals surface area (Å²) in [6.45, 7) is 0.965. The quantitative estimate of drug-likeness (QED) is 0.543. The number of imidazole rings is 1. The number of rotatable bonds is 5. The number of nitrogens with zero attached hydrogens (tertiary/aromatic N) is 7. The zero-order chi connectivity index (χ0) is 19.8. The molecule has 9 nitrogen and oxygen atoms in total. The molecule has 0 radical (unpaired) electrons.